The topological polar surface area (TPSA) is 32.3 Å². The zero-order valence-electron chi connectivity index (χ0n) is 4.90. The van der Waals surface area contributed by atoms with Crippen LogP contribution in [0.2, 0.25) is 0 Å². The summed E-state index contributed by atoms with van der Waals surface area (Å²) in [6.07, 6.45) is 0.0667. The SMILES string of the molecule is OC1CNCC(Cl)(Cl)C1. The number of halogens is 2. The van der Waals surface area contributed by atoms with Gasteiger partial charge in [0, 0.05) is 19.5 Å². The van der Waals surface area contributed by atoms with Gasteiger partial charge in [0.1, 0.15) is 4.33 Å². The van der Waals surface area contributed by atoms with Crippen molar-refractivity contribution in [1.29, 1.82) is 0 Å². The van der Waals surface area contributed by atoms with Gasteiger partial charge in [-0.05, 0) is 0 Å². The molecule has 0 aromatic rings. The highest BCUT2D eigenvalue weighted by Gasteiger charge is 2.30. The molecular weight excluding hydrogens is 161 g/mol. The molecule has 2 nitrogen and oxygen atoms in total. The van der Waals surface area contributed by atoms with Gasteiger partial charge in [-0.15, -0.1) is 23.2 Å². The summed E-state index contributed by atoms with van der Waals surface area (Å²) < 4.78 is -0.766. The van der Waals surface area contributed by atoms with Crippen molar-refractivity contribution in [3.05, 3.63) is 0 Å². The standard InChI is InChI=1S/C5H9Cl2NO/c6-5(7)1-4(9)2-8-3-5/h4,8-9H,1-3H2. The van der Waals surface area contributed by atoms with Gasteiger partial charge in [-0.3, -0.25) is 0 Å². The number of hydrogen-bond acceptors (Lipinski definition) is 2. The van der Waals surface area contributed by atoms with Gasteiger partial charge in [0.05, 0.1) is 6.10 Å². The molecule has 1 rings (SSSR count). The first-order chi connectivity index (χ1) is 4.10. The van der Waals surface area contributed by atoms with E-state index in [0.29, 0.717) is 19.5 Å². The van der Waals surface area contributed by atoms with Crippen LogP contribution in [0.4, 0.5) is 0 Å². The number of aliphatic hydroxyl groups excluding tert-OH is 1. The average Bonchev–Trinajstić information content (AvgIpc) is 1.60. The second kappa shape index (κ2) is 2.62. The number of piperidine rings is 1. The van der Waals surface area contributed by atoms with E-state index in [9.17, 15) is 0 Å². The van der Waals surface area contributed by atoms with Crippen molar-refractivity contribution in [2.45, 2.75) is 16.9 Å². The van der Waals surface area contributed by atoms with Gasteiger partial charge in [-0.25, -0.2) is 0 Å². The number of rotatable bonds is 0. The Morgan fingerprint density at radius 2 is 2.22 bits per heavy atom. The van der Waals surface area contributed by atoms with Crippen LogP contribution in [-0.2, 0) is 0 Å². The number of aliphatic hydroxyl groups is 1. The fourth-order valence-electron chi connectivity index (χ4n) is 0.911. The zero-order valence-corrected chi connectivity index (χ0v) is 6.41. The summed E-state index contributed by atoms with van der Waals surface area (Å²) in [6.45, 7) is 1.16. The number of alkyl halides is 2. The second-order valence-electron chi connectivity index (χ2n) is 2.34. The quantitative estimate of drug-likeness (QED) is 0.519. The molecule has 4 heteroatoms. The minimum Gasteiger partial charge on any atom is -0.392 e. The smallest absolute Gasteiger partial charge is 0.133 e. The minimum atomic E-state index is -0.766. The largest absolute Gasteiger partial charge is 0.392 e. The van der Waals surface area contributed by atoms with Crippen molar-refractivity contribution >= 4 is 23.2 Å². The lowest BCUT2D eigenvalue weighted by molar-refractivity contribution is 0.138. The number of β-amino-alcohol motifs (C(OH)–C–C–N with tert-alkyl or cyclic N) is 1. The maximum atomic E-state index is 9.01. The van der Waals surface area contributed by atoms with E-state index in [0.717, 1.165) is 0 Å². The normalized spacial score (nSPS) is 34.3. The molecule has 1 aliphatic heterocycles. The van der Waals surface area contributed by atoms with Crippen molar-refractivity contribution in [1.82, 2.24) is 5.32 Å². The van der Waals surface area contributed by atoms with Crippen LogP contribution in [0.25, 0.3) is 0 Å². The predicted molar refractivity (Wildman–Crippen MR) is 37.9 cm³/mol. The van der Waals surface area contributed by atoms with E-state index in [1.54, 1.807) is 0 Å². The molecule has 0 bridgehead atoms. The molecular formula is C5H9Cl2NO. The Morgan fingerprint density at radius 3 is 2.56 bits per heavy atom. The van der Waals surface area contributed by atoms with Crippen molar-refractivity contribution in [2.75, 3.05) is 13.1 Å². The van der Waals surface area contributed by atoms with E-state index in [2.05, 4.69) is 5.32 Å². The van der Waals surface area contributed by atoms with Crippen LogP contribution in [0.5, 0.6) is 0 Å². The minimum absolute atomic E-state index is 0.395. The van der Waals surface area contributed by atoms with Gasteiger partial charge < -0.3 is 10.4 Å². The van der Waals surface area contributed by atoms with E-state index in [1.165, 1.54) is 0 Å². The molecule has 0 radical (unpaired) electrons. The molecule has 1 unspecified atom stereocenters. The van der Waals surface area contributed by atoms with E-state index in [1.807, 2.05) is 0 Å². The Labute approximate surface area is 64.1 Å². The molecule has 1 fully saturated rings. The number of nitrogens with one attached hydrogen (secondary N) is 1. The van der Waals surface area contributed by atoms with Gasteiger partial charge in [0.15, 0.2) is 0 Å². The van der Waals surface area contributed by atoms with Gasteiger partial charge in [-0.1, -0.05) is 0 Å². The van der Waals surface area contributed by atoms with E-state index >= 15 is 0 Å². The Balaban J connectivity index is 2.41. The molecule has 1 atom stereocenters. The Bertz CT molecular complexity index is 107. The molecule has 2 N–H and O–H groups in total. The summed E-state index contributed by atoms with van der Waals surface area (Å²) in [5.41, 5.74) is 0. The molecule has 1 heterocycles. The van der Waals surface area contributed by atoms with Crippen LogP contribution in [0.15, 0.2) is 0 Å². The van der Waals surface area contributed by atoms with Crippen molar-refractivity contribution < 1.29 is 5.11 Å². The fourth-order valence-corrected chi connectivity index (χ4v) is 1.46. The second-order valence-corrected chi connectivity index (χ2v) is 3.99. The first-order valence-corrected chi connectivity index (χ1v) is 3.62. The maximum absolute atomic E-state index is 9.01. The molecule has 54 valence electrons. The highest BCUT2D eigenvalue weighted by Crippen LogP contribution is 2.28. The van der Waals surface area contributed by atoms with Crippen molar-refractivity contribution in [2.24, 2.45) is 0 Å². The van der Waals surface area contributed by atoms with Crippen LogP contribution in [0, 0.1) is 0 Å². The first kappa shape index (κ1) is 7.61. The van der Waals surface area contributed by atoms with Crippen LogP contribution in [-0.4, -0.2) is 28.6 Å². The molecule has 0 aromatic carbocycles. The lowest BCUT2D eigenvalue weighted by Crippen LogP contribution is -2.45. The molecule has 0 aliphatic carbocycles. The Morgan fingerprint density at radius 1 is 1.56 bits per heavy atom. The monoisotopic (exact) mass is 169 g/mol. The summed E-state index contributed by atoms with van der Waals surface area (Å²) in [5.74, 6) is 0. The third-order valence-electron chi connectivity index (χ3n) is 1.30. The summed E-state index contributed by atoms with van der Waals surface area (Å²) in [6, 6.07) is 0. The molecule has 0 aromatic heterocycles. The average molecular weight is 170 g/mol. The van der Waals surface area contributed by atoms with Crippen LogP contribution >= 0.6 is 23.2 Å². The highest BCUT2D eigenvalue weighted by molar-refractivity contribution is 6.48. The third kappa shape index (κ3) is 2.30. The predicted octanol–water partition coefficient (Wildman–Crippen LogP) is 0.514. The lowest BCUT2D eigenvalue weighted by atomic mass is 10.1. The fraction of sp³-hybridized carbons (Fsp3) is 1.00. The van der Waals surface area contributed by atoms with E-state index in [4.69, 9.17) is 28.3 Å². The highest BCUT2D eigenvalue weighted by atomic mass is 35.5. The van der Waals surface area contributed by atoms with Crippen LogP contribution in [0.1, 0.15) is 6.42 Å². The molecule has 1 aliphatic rings. The Kier molecular flexibility index (Phi) is 2.22. The molecule has 0 amide bonds. The first-order valence-electron chi connectivity index (χ1n) is 2.87. The van der Waals surface area contributed by atoms with Crippen LogP contribution < -0.4 is 5.32 Å². The Hall–Kier alpha value is 0.500. The third-order valence-corrected chi connectivity index (χ3v) is 1.87. The van der Waals surface area contributed by atoms with E-state index in [-0.39, 0.29) is 0 Å². The van der Waals surface area contributed by atoms with Gasteiger partial charge in [-0.2, -0.15) is 0 Å². The molecule has 9 heavy (non-hydrogen) atoms. The van der Waals surface area contributed by atoms with Crippen molar-refractivity contribution in [3.63, 3.8) is 0 Å². The van der Waals surface area contributed by atoms with Crippen molar-refractivity contribution in [3.8, 4) is 0 Å². The van der Waals surface area contributed by atoms with Gasteiger partial charge >= 0.3 is 0 Å². The zero-order chi connectivity index (χ0) is 6.91. The summed E-state index contributed by atoms with van der Waals surface area (Å²) in [7, 11) is 0. The number of hydrogen-bond donors (Lipinski definition) is 2. The van der Waals surface area contributed by atoms with E-state index < -0.39 is 10.4 Å². The summed E-state index contributed by atoms with van der Waals surface area (Å²) >= 11 is 11.4. The molecule has 1 saturated heterocycles. The molecule has 0 saturated carbocycles. The van der Waals surface area contributed by atoms with Gasteiger partial charge in [0.25, 0.3) is 0 Å². The molecule has 0 spiro atoms. The van der Waals surface area contributed by atoms with Crippen LogP contribution in [0.3, 0.4) is 0 Å². The summed E-state index contributed by atoms with van der Waals surface area (Å²) in [4.78, 5) is 0. The lowest BCUT2D eigenvalue weighted by Gasteiger charge is -2.28. The summed E-state index contributed by atoms with van der Waals surface area (Å²) in [5, 5.41) is 11.9. The maximum Gasteiger partial charge on any atom is 0.133 e. The van der Waals surface area contributed by atoms with Gasteiger partial charge in [0.2, 0.25) is 0 Å².